The summed E-state index contributed by atoms with van der Waals surface area (Å²) in [7, 11) is 0. The first kappa shape index (κ1) is 6.69. The van der Waals surface area contributed by atoms with Crippen molar-refractivity contribution in [1.29, 1.82) is 0 Å². The van der Waals surface area contributed by atoms with Crippen molar-refractivity contribution >= 4 is 22.6 Å². The van der Waals surface area contributed by atoms with Gasteiger partial charge in [0.15, 0.2) is 0 Å². The van der Waals surface area contributed by atoms with Gasteiger partial charge in [0.1, 0.15) is 6.10 Å². The van der Waals surface area contributed by atoms with Gasteiger partial charge in [-0.3, -0.25) is 0 Å². The van der Waals surface area contributed by atoms with E-state index in [9.17, 15) is 5.11 Å². The van der Waals surface area contributed by atoms with Gasteiger partial charge in [-0.15, -0.1) is 0 Å². The molecule has 0 bridgehead atoms. The first-order valence-corrected chi connectivity index (χ1v) is 3.19. The Labute approximate surface area is 51.9 Å². The summed E-state index contributed by atoms with van der Waals surface area (Å²) in [6.45, 7) is 3.59. The molecule has 0 spiro atoms. The van der Waals surface area contributed by atoms with Crippen LogP contribution in [0.1, 0.15) is 13.8 Å². The molecular formula is C4H8IO. The molecule has 0 aromatic carbocycles. The molecule has 0 aromatic rings. The molecule has 0 aliphatic carbocycles. The van der Waals surface area contributed by atoms with Gasteiger partial charge in [0.05, 0.1) is 0 Å². The van der Waals surface area contributed by atoms with Crippen LogP contribution in [0.25, 0.3) is 0 Å². The summed E-state index contributed by atoms with van der Waals surface area (Å²) in [6.07, 6.45) is -0.411. The van der Waals surface area contributed by atoms with Crippen molar-refractivity contribution in [3.8, 4) is 0 Å². The Morgan fingerprint density at radius 3 is 1.67 bits per heavy atom. The molecule has 2 unspecified atom stereocenters. The topological polar surface area (TPSA) is 19.9 Å². The van der Waals surface area contributed by atoms with Crippen LogP contribution in [0.4, 0.5) is 0 Å². The largest absolute Gasteiger partial charge is 0.232 e. The van der Waals surface area contributed by atoms with Crippen LogP contribution in [-0.4, -0.2) is 10.0 Å². The molecule has 1 radical (unpaired) electrons. The van der Waals surface area contributed by atoms with Crippen molar-refractivity contribution in [2.75, 3.05) is 0 Å². The van der Waals surface area contributed by atoms with Crippen molar-refractivity contribution in [3.05, 3.63) is 0 Å². The van der Waals surface area contributed by atoms with Gasteiger partial charge in [-0.1, -0.05) is 29.5 Å². The van der Waals surface area contributed by atoms with Crippen molar-refractivity contribution in [3.63, 3.8) is 0 Å². The molecule has 0 aromatic heterocycles. The molecule has 0 saturated heterocycles. The summed E-state index contributed by atoms with van der Waals surface area (Å²) in [4.78, 5) is 0. The summed E-state index contributed by atoms with van der Waals surface area (Å²) >= 11 is 2.12. The molecule has 0 saturated carbocycles. The summed E-state index contributed by atoms with van der Waals surface area (Å²) in [5, 5.41) is 10.2. The van der Waals surface area contributed by atoms with Crippen molar-refractivity contribution in [2.45, 2.75) is 23.9 Å². The first-order valence-electron chi connectivity index (χ1n) is 1.94. The highest BCUT2D eigenvalue weighted by atomic mass is 127. The van der Waals surface area contributed by atoms with E-state index in [1.165, 1.54) is 0 Å². The maximum atomic E-state index is 10.2. The van der Waals surface area contributed by atoms with Gasteiger partial charge in [0.2, 0.25) is 0 Å². The number of alkyl halides is 1. The van der Waals surface area contributed by atoms with E-state index in [0.717, 1.165) is 0 Å². The standard InChI is InChI=1S/C4H8IO/c1-3(5)4(2)6/h3-4H,1-2H3. The molecule has 0 rings (SSSR count). The fraction of sp³-hybridized carbons (Fsp3) is 1.00. The smallest absolute Gasteiger partial charge is 0.102 e. The second-order valence-electron chi connectivity index (χ2n) is 1.38. The fourth-order valence-electron chi connectivity index (χ4n) is 0. The number of rotatable bonds is 1. The van der Waals surface area contributed by atoms with Gasteiger partial charge in [-0.2, -0.15) is 0 Å². The van der Waals surface area contributed by atoms with Crippen LogP contribution >= 0.6 is 22.6 Å². The van der Waals surface area contributed by atoms with Crippen molar-refractivity contribution < 1.29 is 5.11 Å². The quantitative estimate of drug-likeness (QED) is 0.451. The molecule has 2 heteroatoms. The van der Waals surface area contributed by atoms with Crippen LogP contribution in [0.3, 0.4) is 0 Å². The Kier molecular flexibility index (Phi) is 3.12. The van der Waals surface area contributed by atoms with Gasteiger partial charge < -0.3 is 0 Å². The minimum absolute atomic E-state index is 0.266. The highest BCUT2D eigenvalue weighted by Gasteiger charge is 2.02. The van der Waals surface area contributed by atoms with E-state index >= 15 is 0 Å². The third kappa shape index (κ3) is 2.90. The Morgan fingerprint density at radius 2 is 1.67 bits per heavy atom. The first-order chi connectivity index (χ1) is 2.64. The Hall–Kier alpha value is 0.690. The molecule has 0 N–H and O–H groups in total. The van der Waals surface area contributed by atoms with Gasteiger partial charge >= 0.3 is 0 Å². The van der Waals surface area contributed by atoms with Crippen LogP contribution in [0.15, 0.2) is 0 Å². The molecule has 37 valence electrons. The lowest BCUT2D eigenvalue weighted by molar-refractivity contribution is 0.111. The molecule has 0 aliphatic heterocycles. The SMILES string of the molecule is CC([O])C(C)I. The Balaban J connectivity index is 2.99. The van der Waals surface area contributed by atoms with Gasteiger partial charge in [-0.05, 0) is 6.92 Å². The van der Waals surface area contributed by atoms with Gasteiger partial charge in [0, 0.05) is 3.92 Å². The minimum atomic E-state index is -0.411. The van der Waals surface area contributed by atoms with Crippen LogP contribution in [0.2, 0.25) is 0 Å². The van der Waals surface area contributed by atoms with Crippen molar-refractivity contribution in [2.24, 2.45) is 0 Å². The molecule has 1 nitrogen and oxygen atoms in total. The van der Waals surface area contributed by atoms with E-state index in [-0.39, 0.29) is 3.92 Å². The van der Waals surface area contributed by atoms with Crippen LogP contribution < -0.4 is 0 Å². The fourth-order valence-corrected chi connectivity index (χ4v) is 0. The second-order valence-corrected chi connectivity index (χ2v) is 3.35. The predicted octanol–water partition coefficient (Wildman–Crippen LogP) is 1.63. The summed E-state index contributed by atoms with van der Waals surface area (Å²) < 4.78 is 0.266. The lowest BCUT2D eigenvalue weighted by atomic mass is 10.3. The maximum Gasteiger partial charge on any atom is 0.102 e. The zero-order valence-corrected chi connectivity index (χ0v) is 6.10. The van der Waals surface area contributed by atoms with Crippen LogP contribution in [-0.2, 0) is 5.11 Å². The van der Waals surface area contributed by atoms with E-state index in [1.54, 1.807) is 6.92 Å². The van der Waals surface area contributed by atoms with E-state index in [4.69, 9.17) is 0 Å². The lowest BCUT2D eigenvalue weighted by Crippen LogP contribution is -2.08. The van der Waals surface area contributed by atoms with Crippen LogP contribution in [0.5, 0.6) is 0 Å². The summed E-state index contributed by atoms with van der Waals surface area (Å²) in [5.74, 6) is 0. The van der Waals surface area contributed by atoms with Gasteiger partial charge in [-0.25, -0.2) is 5.11 Å². The highest BCUT2D eigenvalue weighted by Crippen LogP contribution is 2.02. The molecule has 0 amide bonds. The number of halogens is 1. The average Bonchev–Trinajstić information content (AvgIpc) is 1.36. The summed E-state index contributed by atoms with van der Waals surface area (Å²) in [6, 6.07) is 0. The van der Waals surface area contributed by atoms with Gasteiger partial charge in [0.25, 0.3) is 0 Å². The van der Waals surface area contributed by atoms with E-state index in [1.807, 2.05) is 6.92 Å². The molecule has 0 fully saturated rings. The Bertz CT molecular complexity index is 28.5. The third-order valence-electron chi connectivity index (χ3n) is 0.647. The molecule has 6 heavy (non-hydrogen) atoms. The number of hydrogen-bond donors (Lipinski definition) is 0. The third-order valence-corrected chi connectivity index (χ3v) is 1.66. The number of hydrogen-bond acceptors (Lipinski definition) is 0. The second kappa shape index (κ2) is 2.80. The predicted molar refractivity (Wildman–Crippen MR) is 33.6 cm³/mol. The maximum absolute atomic E-state index is 10.2. The highest BCUT2D eigenvalue weighted by molar-refractivity contribution is 14.1. The van der Waals surface area contributed by atoms with E-state index < -0.39 is 6.10 Å². The molecule has 0 aliphatic rings. The monoisotopic (exact) mass is 199 g/mol. The van der Waals surface area contributed by atoms with Crippen molar-refractivity contribution in [1.82, 2.24) is 0 Å². The molecular weight excluding hydrogens is 191 g/mol. The van der Waals surface area contributed by atoms with E-state index in [0.29, 0.717) is 0 Å². The zero-order valence-electron chi connectivity index (χ0n) is 3.94. The normalized spacial score (nSPS) is 20.0. The average molecular weight is 199 g/mol. The summed E-state index contributed by atoms with van der Waals surface area (Å²) in [5.41, 5.74) is 0. The van der Waals surface area contributed by atoms with E-state index in [2.05, 4.69) is 22.6 Å². The Morgan fingerprint density at radius 1 is 1.50 bits per heavy atom. The minimum Gasteiger partial charge on any atom is -0.232 e. The molecule has 0 heterocycles. The van der Waals surface area contributed by atoms with Crippen LogP contribution in [0, 0.1) is 0 Å². The lowest BCUT2D eigenvalue weighted by Gasteiger charge is -1.99. The zero-order chi connectivity index (χ0) is 5.15. The molecule has 2 atom stereocenters.